The third-order valence-electron chi connectivity index (χ3n) is 4.39. The number of H-pyrrole nitrogens is 1. The molecule has 0 aliphatic rings. The molecule has 0 bridgehead atoms. The Morgan fingerprint density at radius 1 is 1.11 bits per heavy atom. The molecule has 6 heteroatoms. The lowest BCUT2D eigenvalue weighted by Crippen LogP contribution is -2.32. The van der Waals surface area contributed by atoms with Crippen LogP contribution in [0, 0.1) is 13.8 Å². The van der Waals surface area contributed by atoms with Gasteiger partial charge >= 0.3 is 5.97 Å². The summed E-state index contributed by atoms with van der Waals surface area (Å²) >= 11 is 0. The summed E-state index contributed by atoms with van der Waals surface area (Å²) in [6.45, 7) is 4.39. The lowest BCUT2D eigenvalue weighted by Gasteiger charge is -2.10. The first-order valence-corrected chi connectivity index (χ1v) is 9.20. The van der Waals surface area contributed by atoms with Crippen LogP contribution in [0.3, 0.4) is 0 Å². The van der Waals surface area contributed by atoms with Gasteiger partial charge < -0.3 is 19.8 Å². The Labute approximate surface area is 163 Å². The maximum atomic E-state index is 12.0. The van der Waals surface area contributed by atoms with Gasteiger partial charge in [0.05, 0.1) is 13.0 Å². The van der Waals surface area contributed by atoms with Gasteiger partial charge in [-0.1, -0.05) is 35.9 Å². The molecule has 146 valence electrons. The predicted molar refractivity (Wildman–Crippen MR) is 107 cm³/mol. The van der Waals surface area contributed by atoms with Gasteiger partial charge in [0.25, 0.3) is 5.91 Å². The molecule has 1 heterocycles. The summed E-state index contributed by atoms with van der Waals surface area (Å²) in [5, 5.41) is 3.66. The number of carbonyl (C=O) groups excluding carboxylic acids is 2. The number of nitrogens with one attached hydrogen (secondary N) is 2. The Bertz CT molecular complexity index is 978. The number of aryl methyl sites for hydroxylation is 2. The second-order valence-corrected chi connectivity index (χ2v) is 6.66. The largest absolute Gasteiger partial charge is 0.491 e. The van der Waals surface area contributed by atoms with Crippen molar-refractivity contribution in [1.82, 2.24) is 10.3 Å². The molecule has 0 atom stereocenters. The number of esters is 1. The standard InChI is InChI=1S/C22H24N2O4/c1-15-7-8-20(16(2)11-15)27-10-9-23-21(25)14-28-22(26)12-17-13-24-19-6-4-3-5-18(17)19/h3-8,11,13,24H,9-10,12,14H2,1-2H3,(H,23,25). The maximum Gasteiger partial charge on any atom is 0.310 e. The zero-order valence-electron chi connectivity index (χ0n) is 16.1. The maximum absolute atomic E-state index is 12.0. The van der Waals surface area contributed by atoms with Crippen LogP contribution in [0.4, 0.5) is 0 Å². The molecule has 0 aliphatic carbocycles. The van der Waals surface area contributed by atoms with Crippen LogP contribution in [-0.2, 0) is 20.7 Å². The van der Waals surface area contributed by atoms with Crippen LogP contribution in [0.1, 0.15) is 16.7 Å². The number of ether oxygens (including phenoxy) is 2. The summed E-state index contributed by atoms with van der Waals surface area (Å²) in [4.78, 5) is 26.9. The van der Waals surface area contributed by atoms with Gasteiger partial charge in [0.15, 0.2) is 6.61 Å². The van der Waals surface area contributed by atoms with E-state index in [2.05, 4.69) is 10.3 Å². The molecule has 3 aromatic rings. The Morgan fingerprint density at radius 3 is 2.75 bits per heavy atom. The Hall–Kier alpha value is -3.28. The molecule has 0 saturated heterocycles. The Balaban J connectivity index is 1.36. The average molecular weight is 380 g/mol. The normalized spacial score (nSPS) is 10.6. The molecule has 3 rings (SSSR count). The van der Waals surface area contributed by atoms with Crippen molar-refractivity contribution in [3.63, 3.8) is 0 Å². The van der Waals surface area contributed by atoms with Gasteiger partial charge in [-0.05, 0) is 37.1 Å². The summed E-state index contributed by atoms with van der Waals surface area (Å²) in [7, 11) is 0. The van der Waals surface area contributed by atoms with E-state index in [-0.39, 0.29) is 18.9 Å². The SMILES string of the molecule is Cc1ccc(OCCNC(=O)COC(=O)Cc2c[nH]c3ccccc23)c(C)c1. The van der Waals surface area contributed by atoms with Gasteiger partial charge in [-0.2, -0.15) is 0 Å². The lowest BCUT2D eigenvalue weighted by molar-refractivity contribution is -0.147. The van der Waals surface area contributed by atoms with Crippen LogP contribution < -0.4 is 10.1 Å². The fraction of sp³-hybridized carbons (Fsp3) is 0.273. The second-order valence-electron chi connectivity index (χ2n) is 6.66. The van der Waals surface area contributed by atoms with E-state index < -0.39 is 5.97 Å². The first-order chi connectivity index (χ1) is 13.5. The summed E-state index contributed by atoms with van der Waals surface area (Å²) in [6, 6.07) is 13.7. The molecule has 28 heavy (non-hydrogen) atoms. The third kappa shape index (κ3) is 5.13. The Morgan fingerprint density at radius 2 is 1.93 bits per heavy atom. The zero-order chi connectivity index (χ0) is 19.9. The smallest absolute Gasteiger partial charge is 0.310 e. The molecule has 0 fully saturated rings. The number of benzene rings is 2. The highest BCUT2D eigenvalue weighted by Crippen LogP contribution is 2.19. The van der Waals surface area contributed by atoms with E-state index in [4.69, 9.17) is 9.47 Å². The van der Waals surface area contributed by atoms with Crippen LogP contribution in [0.15, 0.2) is 48.7 Å². The van der Waals surface area contributed by atoms with Crippen molar-refractivity contribution < 1.29 is 19.1 Å². The number of para-hydroxylation sites is 1. The summed E-state index contributed by atoms with van der Waals surface area (Å²) < 4.78 is 10.7. The molecular formula is C22H24N2O4. The number of amides is 1. The minimum absolute atomic E-state index is 0.118. The van der Waals surface area contributed by atoms with Crippen molar-refractivity contribution in [1.29, 1.82) is 0 Å². The van der Waals surface area contributed by atoms with Crippen molar-refractivity contribution in [3.05, 3.63) is 65.4 Å². The van der Waals surface area contributed by atoms with Crippen molar-refractivity contribution in [3.8, 4) is 5.75 Å². The van der Waals surface area contributed by atoms with E-state index in [1.807, 2.05) is 56.3 Å². The highest BCUT2D eigenvalue weighted by molar-refractivity contribution is 5.88. The van der Waals surface area contributed by atoms with Gasteiger partial charge in [-0.15, -0.1) is 0 Å². The van der Waals surface area contributed by atoms with Crippen molar-refractivity contribution in [2.45, 2.75) is 20.3 Å². The fourth-order valence-corrected chi connectivity index (χ4v) is 2.99. The van der Waals surface area contributed by atoms with Gasteiger partial charge in [0.2, 0.25) is 0 Å². The van der Waals surface area contributed by atoms with E-state index in [9.17, 15) is 9.59 Å². The Kier molecular flexibility index (Phi) is 6.32. The first-order valence-electron chi connectivity index (χ1n) is 9.20. The highest BCUT2D eigenvalue weighted by Gasteiger charge is 2.11. The molecule has 1 amide bonds. The van der Waals surface area contributed by atoms with Crippen LogP contribution in [0.25, 0.3) is 10.9 Å². The summed E-state index contributed by atoms with van der Waals surface area (Å²) in [5.74, 6) is 0.00736. The molecular weight excluding hydrogens is 356 g/mol. The van der Waals surface area contributed by atoms with Crippen molar-refractivity contribution >= 4 is 22.8 Å². The van der Waals surface area contributed by atoms with Crippen LogP contribution in [-0.4, -0.2) is 36.6 Å². The zero-order valence-corrected chi connectivity index (χ0v) is 16.1. The highest BCUT2D eigenvalue weighted by atomic mass is 16.5. The lowest BCUT2D eigenvalue weighted by atomic mass is 10.1. The van der Waals surface area contributed by atoms with Crippen molar-refractivity contribution in [2.24, 2.45) is 0 Å². The van der Waals surface area contributed by atoms with E-state index in [1.54, 1.807) is 6.20 Å². The first kappa shape index (κ1) is 19.5. The van der Waals surface area contributed by atoms with Crippen molar-refractivity contribution in [2.75, 3.05) is 19.8 Å². The van der Waals surface area contributed by atoms with Gasteiger partial charge in [-0.3, -0.25) is 9.59 Å². The van der Waals surface area contributed by atoms with Crippen LogP contribution in [0.2, 0.25) is 0 Å². The van der Waals surface area contributed by atoms with Gasteiger partial charge in [-0.25, -0.2) is 0 Å². The third-order valence-corrected chi connectivity index (χ3v) is 4.39. The van der Waals surface area contributed by atoms with Crippen LogP contribution >= 0.6 is 0 Å². The summed E-state index contributed by atoms with van der Waals surface area (Å²) in [6.07, 6.45) is 1.91. The number of carbonyl (C=O) groups is 2. The van der Waals surface area contributed by atoms with Crippen LogP contribution in [0.5, 0.6) is 5.75 Å². The minimum atomic E-state index is -0.438. The minimum Gasteiger partial charge on any atom is -0.491 e. The van der Waals surface area contributed by atoms with E-state index >= 15 is 0 Å². The van der Waals surface area contributed by atoms with E-state index in [0.717, 1.165) is 27.8 Å². The average Bonchev–Trinajstić information content (AvgIpc) is 3.08. The monoisotopic (exact) mass is 380 g/mol. The van der Waals surface area contributed by atoms with Gasteiger partial charge in [0.1, 0.15) is 12.4 Å². The number of aromatic amines is 1. The topological polar surface area (TPSA) is 80.4 Å². The fourth-order valence-electron chi connectivity index (χ4n) is 2.99. The number of fused-ring (bicyclic) bond motifs is 1. The molecule has 0 spiro atoms. The van der Waals surface area contributed by atoms with Gasteiger partial charge in [0, 0.05) is 17.1 Å². The number of hydrogen-bond donors (Lipinski definition) is 2. The molecule has 0 aliphatic heterocycles. The summed E-state index contributed by atoms with van der Waals surface area (Å²) in [5.41, 5.74) is 4.04. The number of hydrogen-bond acceptors (Lipinski definition) is 4. The van der Waals surface area contributed by atoms with E-state index in [1.165, 1.54) is 5.56 Å². The quantitative estimate of drug-likeness (QED) is 0.465. The number of rotatable bonds is 8. The molecule has 0 radical (unpaired) electrons. The molecule has 2 N–H and O–H groups in total. The molecule has 1 aromatic heterocycles. The second kappa shape index (κ2) is 9.08. The molecule has 0 saturated carbocycles. The number of aromatic nitrogens is 1. The molecule has 0 unspecified atom stereocenters. The predicted octanol–water partition coefficient (Wildman–Crippen LogP) is 3.07. The van der Waals surface area contributed by atoms with E-state index in [0.29, 0.717) is 13.2 Å². The molecule has 2 aromatic carbocycles. The molecule has 6 nitrogen and oxygen atoms in total.